The van der Waals surface area contributed by atoms with Gasteiger partial charge in [-0.05, 0) is 37.6 Å². The zero-order chi connectivity index (χ0) is 18.7. The molecular weight excluding hydrogens is 338 g/mol. The van der Waals surface area contributed by atoms with Crippen molar-refractivity contribution in [2.75, 3.05) is 20.2 Å². The average molecular weight is 359 g/mol. The number of urea groups is 1. The molecule has 2 heterocycles. The second-order valence-corrected chi connectivity index (χ2v) is 6.53. The van der Waals surface area contributed by atoms with Crippen LogP contribution in [0.4, 0.5) is 4.79 Å². The minimum Gasteiger partial charge on any atom is -0.497 e. The number of benzene rings is 1. The molecular formula is C17H21N5O4. The standard InChI is InChI=1S/C17H21N5O4/c1-17(15(23)24)7-8-22(10-17)16(25)18-9-13-19-14(21-20-13)11-3-5-12(26-2)6-4-11/h3-6H,7-10H2,1-2H3,(H,18,25)(H,23,24)(H,19,20,21). The predicted octanol–water partition coefficient (Wildman–Crippen LogP) is 1.49. The number of aromatic amines is 1. The van der Waals surface area contributed by atoms with Crippen LogP contribution in [0, 0.1) is 5.41 Å². The minimum absolute atomic E-state index is 0.183. The van der Waals surface area contributed by atoms with Crippen LogP contribution in [0.2, 0.25) is 0 Å². The summed E-state index contributed by atoms with van der Waals surface area (Å²) in [5.74, 6) is 0.906. The van der Waals surface area contributed by atoms with Crippen LogP contribution in [0.1, 0.15) is 19.2 Å². The van der Waals surface area contributed by atoms with Gasteiger partial charge in [0.15, 0.2) is 5.82 Å². The number of rotatable bonds is 5. The van der Waals surface area contributed by atoms with Gasteiger partial charge < -0.3 is 20.1 Å². The molecule has 0 aliphatic carbocycles. The number of nitrogens with one attached hydrogen (secondary N) is 2. The zero-order valence-corrected chi connectivity index (χ0v) is 14.7. The number of H-pyrrole nitrogens is 1. The van der Waals surface area contributed by atoms with Crippen molar-refractivity contribution in [2.45, 2.75) is 19.9 Å². The molecule has 2 amide bonds. The van der Waals surface area contributed by atoms with Crippen molar-refractivity contribution in [1.82, 2.24) is 25.4 Å². The molecule has 3 rings (SSSR count). The second kappa shape index (κ2) is 7.03. The summed E-state index contributed by atoms with van der Waals surface area (Å²) in [6, 6.07) is 7.03. The maximum absolute atomic E-state index is 12.2. The van der Waals surface area contributed by atoms with E-state index in [1.165, 1.54) is 4.90 Å². The summed E-state index contributed by atoms with van der Waals surface area (Å²) in [7, 11) is 1.60. The number of carbonyl (C=O) groups excluding carboxylic acids is 1. The number of hydrogen-bond acceptors (Lipinski definition) is 5. The lowest BCUT2D eigenvalue weighted by Gasteiger charge is -2.20. The van der Waals surface area contributed by atoms with Crippen molar-refractivity contribution < 1.29 is 19.4 Å². The molecule has 1 aromatic carbocycles. The molecule has 1 saturated heterocycles. The van der Waals surface area contributed by atoms with E-state index in [0.717, 1.165) is 11.3 Å². The highest BCUT2D eigenvalue weighted by Gasteiger charge is 2.42. The molecule has 0 radical (unpaired) electrons. The molecule has 9 nitrogen and oxygen atoms in total. The fourth-order valence-corrected chi connectivity index (χ4v) is 2.82. The molecule has 1 aliphatic heterocycles. The number of hydrogen-bond donors (Lipinski definition) is 3. The first-order valence-electron chi connectivity index (χ1n) is 8.23. The summed E-state index contributed by atoms with van der Waals surface area (Å²) >= 11 is 0. The number of aliphatic carboxylic acids is 1. The number of methoxy groups -OCH3 is 1. The molecule has 1 unspecified atom stereocenters. The van der Waals surface area contributed by atoms with E-state index in [1.54, 1.807) is 14.0 Å². The van der Waals surface area contributed by atoms with Crippen molar-refractivity contribution in [1.29, 1.82) is 0 Å². The van der Waals surface area contributed by atoms with Crippen LogP contribution >= 0.6 is 0 Å². The Morgan fingerprint density at radius 2 is 2.12 bits per heavy atom. The maximum Gasteiger partial charge on any atom is 0.317 e. The van der Waals surface area contributed by atoms with Gasteiger partial charge in [-0.1, -0.05) is 0 Å². The molecule has 1 fully saturated rings. The Morgan fingerprint density at radius 3 is 2.73 bits per heavy atom. The van der Waals surface area contributed by atoms with Crippen LogP contribution in [-0.2, 0) is 11.3 Å². The molecule has 1 aromatic heterocycles. The summed E-state index contributed by atoms with van der Waals surface area (Å²) in [6.45, 7) is 2.45. The third-order valence-corrected chi connectivity index (χ3v) is 4.56. The van der Waals surface area contributed by atoms with Crippen molar-refractivity contribution in [3.63, 3.8) is 0 Å². The van der Waals surface area contributed by atoms with E-state index in [2.05, 4.69) is 20.5 Å². The van der Waals surface area contributed by atoms with Crippen molar-refractivity contribution >= 4 is 12.0 Å². The number of likely N-dealkylation sites (tertiary alicyclic amines) is 1. The van der Waals surface area contributed by atoms with E-state index in [4.69, 9.17) is 4.74 Å². The van der Waals surface area contributed by atoms with E-state index in [1.807, 2.05) is 24.3 Å². The van der Waals surface area contributed by atoms with Crippen LogP contribution in [0.3, 0.4) is 0 Å². The van der Waals surface area contributed by atoms with Gasteiger partial charge >= 0.3 is 12.0 Å². The lowest BCUT2D eigenvalue weighted by atomic mass is 9.90. The van der Waals surface area contributed by atoms with Gasteiger partial charge in [0.25, 0.3) is 0 Å². The summed E-state index contributed by atoms with van der Waals surface area (Å²) in [5, 5.41) is 18.9. The maximum atomic E-state index is 12.2. The number of carboxylic acids is 1. The van der Waals surface area contributed by atoms with Crippen LogP contribution in [0.15, 0.2) is 24.3 Å². The largest absolute Gasteiger partial charge is 0.497 e. The number of nitrogens with zero attached hydrogens (tertiary/aromatic N) is 3. The number of ether oxygens (including phenoxy) is 1. The summed E-state index contributed by atoms with van der Waals surface area (Å²) < 4.78 is 5.12. The molecule has 3 N–H and O–H groups in total. The highest BCUT2D eigenvalue weighted by Crippen LogP contribution is 2.30. The first kappa shape index (κ1) is 17.7. The van der Waals surface area contributed by atoms with Crippen molar-refractivity contribution in [3.8, 4) is 17.1 Å². The highest BCUT2D eigenvalue weighted by molar-refractivity contribution is 5.79. The van der Waals surface area contributed by atoms with Crippen LogP contribution < -0.4 is 10.1 Å². The predicted molar refractivity (Wildman–Crippen MR) is 92.5 cm³/mol. The smallest absolute Gasteiger partial charge is 0.317 e. The SMILES string of the molecule is COc1ccc(-c2n[nH]c(CNC(=O)N3CCC(C)(C(=O)O)C3)n2)cc1. The number of carboxylic acid groups (broad SMARTS) is 1. The second-order valence-electron chi connectivity index (χ2n) is 6.53. The normalized spacial score (nSPS) is 19.4. The molecule has 9 heteroatoms. The highest BCUT2D eigenvalue weighted by atomic mass is 16.5. The Hall–Kier alpha value is -3.10. The van der Waals surface area contributed by atoms with Gasteiger partial charge in [0, 0.05) is 18.7 Å². The van der Waals surface area contributed by atoms with Crippen LogP contribution in [0.5, 0.6) is 5.75 Å². The molecule has 26 heavy (non-hydrogen) atoms. The molecule has 138 valence electrons. The third-order valence-electron chi connectivity index (χ3n) is 4.56. The molecule has 1 atom stereocenters. The van der Waals surface area contributed by atoms with Crippen LogP contribution in [-0.4, -0.2) is 57.4 Å². The van der Waals surface area contributed by atoms with Gasteiger partial charge in [-0.25, -0.2) is 9.78 Å². The quantitative estimate of drug-likeness (QED) is 0.744. The Balaban J connectivity index is 1.56. The van der Waals surface area contributed by atoms with Gasteiger partial charge in [0.1, 0.15) is 11.6 Å². The Labute approximate surface area is 150 Å². The van der Waals surface area contributed by atoms with Gasteiger partial charge in [-0.3, -0.25) is 9.89 Å². The summed E-state index contributed by atoms with van der Waals surface area (Å²) in [5.41, 5.74) is -0.0538. The average Bonchev–Trinajstić information content (AvgIpc) is 3.27. The number of amides is 2. The first-order chi connectivity index (χ1) is 12.4. The topological polar surface area (TPSA) is 120 Å². The van der Waals surface area contributed by atoms with Crippen molar-refractivity contribution in [3.05, 3.63) is 30.1 Å². The van der Waals surface area contributed by atoms with Gasteiger partial charge in [-0.2, -0.15) is 5.10 Å². The fraction of sp³-hybridized carbons (Fsp3) is 0.412. The lowest BCUT2D eigenvalue weighted by Crippen LogP contribution is -2.40. The lowest BCUT2D eigenvalue weighted by molar-refractivity contribution is -0.147. The Kier molecular flexibility index (Phi) is 4.79. The van der Waals surface area contributed by atoms with Crippen LogP contribution in [0.25, 0.3) is 11.4 Å². The minimum atomic E-state index is -0.884. The number of aromatic nitrogens is 3. The molecule has 1 aliphatic rings. The summed E-state index contributed by atoms with van der Waals surface area (Å²) in [4.78, 5) is 29.3. The van der Waals surface area contributed by atoms with Crippen molar-refractivity contribution in [2.24, 2.45) is 5.41 Å². The van der Waals surface area contributed by atoms with E-state index in [9.17, 15) is 14.7 Å². The monoisotopic (exact) mass is 359 g/mol. The van der Waals surface area contributed by atoms with Gasteiger partial charge in [0.05, 0.1) is 19.1 Å². The van der Waals surface area contributed by atoms with E-state index in [-0.39, 0.29) is 19.1 Å². The van der Waals surface area contributed by atoms with E-state index >= 15 is 0 Å². The molecule has 0 bridgehead atoms. The molecule has 0 spiro atoms. The molecule has 2 aromatic rings. The van der Waals surface area contributed by atoms with Gasteiger partial charge in [-0.15, -0.1) is 0 Å². The van der Waals surface area contributed by atoms with E-state index in [0.29, 0.717) is 24.6 Å². The first-order valence-corrected chi connectivity index (χ1v) is 8.23. The third kappa shape index (κ3) is 3.61. The summed E-state index contributed by atoms with van der Waals surface area (Å²) in [6.07, 6.45) is 0.444. The zero-order valence-electron chi connectivity index (χ0n) is 14.7. The Morgan fingerprint density at radius 1 is 1.38 bits per heavy atom. The Bertz CT molecular complexity index is 804. The van der Waals surface area contributed by atoms with E-state index < -0.39 is 11.4 Å². The fourth-order valence-electron chi connectivity index (χ4n) is 2.82. The van der Waals surface area contributed by atoms with Gasteiger partial charge in [0.2, 0.25) is 0 Å². The molecule has 0 saturated carbocycles. The number of carbonyl (C=O) groups is 2.